The van der Waals surface area contributed by atoms with Crippen LogP contribution in [0.4, 0.5) is 14.5 Å². The maximum absolute atomic E-state index is 13.5. The SMILES string of the molecule is Cc1ccc2nc(C)c(C(=O)NCC3CCN(c4ccc(F)c(F)c4)C3)cc2c1. The van der Waals surface area contributed by atoms with Crippen LogP contribution in [0, 0.1) is 31.4 Å². The van der Waals surface area contributed by atoms with Crippen molar-refractivity contribution in [1.82, 2.24) is 10.3 Å². The standard InChI is InChI=1S/C23H23F2N3O/c1-14-3-6-22-17(9-14)10-19(15(2)27-22)23(29)26-12-16-7-8-28(13-16)18-4-5-20(24)21(25)11-18/h3-6,9-11,16H,7-8,12-13H2,1-2H3,(H,26,29). The summed E-state index contributed by atoms with van der Waals surface area (Å²) >= 11 is 0. The Hall–Kier alpha value is -3.02. The summed E-state index contributed by atoms with van der Waals surface area (Å²) in [6, 6.07) is 11.8. The Kier molecular flexibility index (Phi) is 5.18. The quantitative estimate of drug-likeness (QED) is 0.713. The molecule has 4 rings (SSSR count). The summed E-state index contributed by atoms with van der Waals surface area (Å²) in [7, 11) is 0. The zero-order valence-corrected chi connectivity index (χ0v) is 16.5. The van der Waals surface area contributed by atoms with Crippen molar-refractivity contribution in [3.63, 3.8) is 0 Å². The Morgan fingerprint density at radius 1 is 1.14 bits per heavy atom. The number of fused-ring (bicyclic) bond motifs is 1. The van der Waals surface area contributed by atoms with E-state index in [-0.39, 0.29) is 11.8 Å². The van der Waals surface area contributed by atoms with Gasteiger partial charge < -0.3 is 10.2 Å². The molecule has 2 aromatic carbocycles. The maximum atomic E-state index is 13.5. The van der Waals surface area contributed by atoms with Crippen molar-refractivity contribution in [2.75, 3.05) is 24.5 Å². The van der Waals surface area contributed by atoms with E-state index in [1.807, 2.05) is 43.0 Å². The Labute approximate surface area is 168 Å². The molecule has 1 aliphatic rings. The van der Waals surface area contributed by atoms with Crippen LogP contribution in [0.1, 0.15) is 28.0 Å². The van der Waals surface area contributed by atoms with E-state index in [1.54, 1.807) is 6.07 Å². The number of anilines is 1. The van der Waals surface area contributed by atoms with Crippen molar-refractivity contribution in [3.8, 4) is 0 Å². The summed E-state index contributed by atoms with van der Waals surface area (Å²) in [5.74, 6) is -1.56. The number of pyridine rings is 1. The molecule has 0 spiro atoms. The minimum Gasteiger partial charge on any atom is -0.371 e. The predicted molar refractivity (Wildman–Crippen MR) is 110 cm³/mol. The summed E-state index contributed by atoms with van der Waals surface area (Å²) in [6.07, 6.45) is 0.882. The molecule has 1 saturated heterocycles. The molecule has 150 valence electrons. The number of hydrogen-bond donors (Lipinski definition) is 1. The zero-order chi connectivity index (χ0) is 20.5. The fraction of sp³-hybridized carbons (Fsp3) is 0.304. The van der Waals surface area contributed by atoms with Crippen molar-refractivity contribution in [2.24, 2.45) is 5.92 Å². The number of halogens is 2. The number of hydrogen-bond acceptors (Lipinski definition) is 3. The third-order valence-corrected chi connectivity index (χ3v) is 5.51. The average molecular weight is 395 g/mol. The van der Waals surface area contributed by atoms with Gasteiger partial charge in [-0.1, -0.05) is 11.6 Å². The lowest BCUT2D eigenvalue weighted by molar-refractivity contribution is 0.0947. The van der Waals surface area contributed by atoms with Crippen LogP contribution >= 0.6 is 0 Å². The molecule has 1 atom stereocenters. The van der Waals surface area contributed by atoms with Crippen LogP contribution < -0.4 is 10.2 Å². The molecule has 1 aromatic heterocycles. The molecular weight excluding hydrogens is 372 g/mol. The second-order valence-electron chi connectivity index (χ2n) is 7.73. The van der Waals surface area contributed by atoms with E-state index in [4.69, 9.17) is 0 Å². The number of aromatic nitrogens is 1. The fourth-order valence-electron chi connectivity index (χ4n) is 3.87. The first-order valence-electron chi connectivity index (χ1n) is 9.77. The molecule has 1 fully saturated rings. The molecule has 0 saturated carbocycles. The first-order chi connectivity index (χ1) is 13.9. The third kappa shape index (κ3) is 4.06. The topological polar surface area (TPSA) is 45.2 Å². The molecule has 0 radical (unpaired) electrons. The highest BCUT2D eigenvalue weighted by Crippen LogP contribution is 2.25. The molecule has 0 bridgehead atoms. The van der Waals surface area contributed by atoms with Gasteiger partial charge in [0.2, 0.25) is 0 Å². The van der Waals surface area contributed by atoms with Crippen LogP contribution in [0.25, 0.3) is 10.9 Å². The van der Waals surface area contributed by atoms with Crippen LogP contribution in [-0.2, 0) is 0 Å². The molecular formula is C23H23F2N3O. The number of carbonyl (C=O) groups excluding carboxylic acids is 1. The number of aryl methyl sites for hydroxylation is 2. The average Bonchev–Trinajstić information content (AvgIpc) is 3.17. The van der Waals surface area contributed by atoms with E-state index in [2.05, 4.69) is 10.3 Å². The Bertz CT molecular complexity index is 1080. The van der Waals surface area contributed by atoms with Crippen molar-refractivity contribution in [2.45, 2.75) is 20.3 Å². The van der Waals surface area contributed by atoms with Gasteiger partial charge in [0.1, 0.15) is 0 Å². The van der Waals surface area contributed by atoms with Crippen LogP contribution in [0.3, 0.4) is 0 Å². The normalized spacial score (nSPS) is 16.4. The molecule has 2 heterocycles. The summed E-state index contributed by atoms with van der Waals surface area (Å²) < 4.78 is 26.6. The molecule has 29 heavy (non-hydrogen) atoms. The molecule has 0 aliphatic carbocycles. The van der Waals surface area contributed by atoms with E-state index in [0.717, 1.165) is 35.5 Å². The van der Waals surface area contributed by atoms with Crippen molar-refractivity contribution in [3.05, 3.63) is 70.9 Å². The first-order valence-corrected chi connectivity index (χ1v) is 9.77. The Morgan fingerprint density at radius 3 is 2.76 bits per heavy atom. The van der Waals surface area contributed by atoms with Crippen molar-refractivity contribution >= 4 is 22.5 Å². The lowest BCUT2D eigenvalue weighted by Gasteiger charge is -2.19. The van der Waals surface area contributed by atoms with Crippen LogP contribution in [0.5, 0.6) is 0 Å². The van der Waals surface area contributed by atoms with E-state index >= 15 is 0 Å². The van der Waals surface area contributed by atoms with Crippen LogP contribution in [0.2, 0.25) is 0 Å². The number of rotatable bonds is 4. The molecule has 1 unspecified atom stereocenters. The van der Waals surface area contributed by atoms with E-state index < -0.39 is 11.6 Å². The monoisotopic (exact) mass is 395 g/mol. The van der Waals surface area contributed by atoms with Gasteiger partial charge in [-0.3, -0.25) is 9.78 Å². The van der Waals surface area contributed by atoms with Crippen LogP contribution in [0.15, 0.2) is 42.5 Å². The first kappa shape index (κ1) is 19.3. The Morgan fingerprint density at radius 2 is 1.97 bits per heavy atom. The number of nitrogens with one attached hydrogen (secondary N) is 1. The van der Waals surface area contributed by atoms with Gasteiger partial charge in [0.05, 0.1) is 16.8 Å². The Balaban J connectivity index is 1.40. The van der Waals surface area contributed by atoms with E-state index in [0.29, 0.717) is 30.0 Å². The number of nitrogens with zero attached hydrogens (tertiary/aromatic N) is 2. The minimum absolute atomic E-state index is 0.135. The number of benzene rings is 2. The molecule has 1 amide bonds. The number of carbonyl (C=O) groups is 1. The van der Waals surface area contributed by atoms with Crippen molar-refractivity contribution < 1.29 is 13.6 Å². The molecule has 3 aromatic rings. The van der Waals surface area contributed by atoms with Crippen molar-refractivity contribution in [1.29, 1.82) is 0 Å². The van der Waals surface area contributed by atoms with Gasteiger partial charge in [-0.15, -0.1) is 0 Å². The van der Waals surface area contributed by atoms with Gasteiger partial charge in [0, 0.05) is 36.8 Å². The minimum atomic E-state index is -0.841. The molecule has 6 heteroatoms. The lowest BCUT2D eigenvalue weighted by atomic mass is 10.1. The maximum Gasteiger partial charge on any atom is 0.253 e. The van der Waals surface area contributed by atoms with Gasteiger partial charge in [0.15, 0.2) is 11.6 Å². The fourth-order valence-corrected chi connectivity index (χ4v) is 3.87. The van der Waals surface area contributed by atoms with Crippen LogP contribution in [-0.4, -0.2) is 30.5 Å². The molecule has 1 N–H and O–H groups in total. The summed E-state index contributed by atoms with van der Waals surface area (Å²) in [6.45, 7) is 5.83. The van der Waals surface area contributed by atoms with E-state index in [1.165, 1.54) is 6.07 Å². The zero-order valence-electron chi connectivity index (χ0n) is 16.5. The highest BCUT2D eigenvalue weighted by molar-refractivity contribution is 5.98. The van der Waals surface area contributed by atoms with E-state index in [9.17, 15) is 13.6 Å². The second kappa shape index (κ2) is 7.78. The van der Waals surface area contributed by atoms with Gasteiger partial charge in [-0.05, 0) is 56.5 Å². The predicted octanol–water partition coefficient (Wildman–Crippen LogP) is 4.39. The van der Waals surface area contributed by atoms with Gasteiger partial charge in [-0.25, -0.2) is 8.78 Å². The smallest absolute Gasteiger partial charge is 0.253 e. The largest absolute Gasteiger partial charge is 0.371 e. The van der Waals surface area contributed by atoms with Gasteiger partial charge in [-0.2, -0.15) is 0 Å². The highest BCUT2D eigenvalue weighted by atomic mass is 19.2. The third-order valence-electron chi connectivity index (χ3n) is 5.51. The summed E-state index contributed by atoms with van der Waals surface area (Å²) in [5.41, 5.74) is 3.95. The molecule has 4 nitrogen and oxygen atoms in total. The van der Waals surface area contributed by atoms with Gasteiger partial charge in [0.25, 0.3) is 5.91 Å². The van der Waals surface area contributed by atoms with Gasteiger partial charge >= 0.3 is 0 Å². The second-order valence-corrected chi connectivity index (χ2v) is 7.73. The highest BCUT2D eigenvalue weighted by Gasteiger charge is 2.24. The lowest BCUT2D eigenvalue weighted by Crippen LogP contribution is -2.31. The summed E-state index contributed by atoms with van der Waals surface area (Å²) in [4.78, 5) is 19.3. The molecule has 1 aliphatic heterocycles. The number of amides is 1. The summed E-state index contributed by atoms with van der Waals surface area (Å²) in [5, 5.41) is 3.96.